The van der Waals surface area contributed by atoms with Crippen molar-refractivity contribution in [3.05, 3.63) is 47.0 Å². The molecule has 21 heavy (non-hydrogen) atoms. The molecule has 1 unspecified atom stereocenters. The van der Waals surface area contributed by atoms with Gasteiger partial charge in [0, 0.05) is 12.1 Å². The van der Waals surface area contributed by atoms with Crippen LogP contribution in [0.1, 0.15) is 18.5 Å². The molecule has 0 aliphatic rings. The smallest absolute Gasteiger partial charge is 0.145 e. The van der Waals surface area contributed by atoms with E-state index >= 15 is 0 Å². The minimum absolute atomic E-state index is 0.0314. The molecular weight excluding hydrogens is 290 g/mol. The van der Waals surface area contributed by atoms with E-state index in [2.05, 4.69) is 5.32 Å². The van der Waals surface area contributed by atoms with Crippen molar-refractivity contribution >= 4 is 17.3 Å². The Kier molecular flexibility index (Phi) is 4.81. The molecule has 0 saturated heterocycles. The summed E-state index contributed by atoms with van der Waals surface area (Å²) in [5, 5.41) is 13.2. The molecule has 0 spiro atoms. The highest BCUT2D eigenvalue weighted by Crippen LogP contribution is 2.37. The van der Waals surface area contributed by atoms with Crippen molar-refractivity contribution in [1.29, 1.82) is 0 Å². The monoisotopic (exact) mass is 307 g/mol. The second-order valence-corrected chi connectivity index (χ2v) is 5.05. The molecule has 0 heterocycles. The van der Waals surface area contributed by atoms with Gasteiger partial charge in [-0.15, -0.1) is 0 Å². The summed E-state index contributed by atoms with van der Waals surface area (Å²) in [4.78, 5) is 0. The minimum atomic E-state index is 0.0314. The first-order chi connectivity index (χ1) is 10.0. The Morgan fingerprint density at radius 2 is 1.67 bits per heavy atom. The van der Waals surface area contributed by atoms with Gasteiger partial charge in [-0.3, -0.25) is 0 Å². The fraction of sp³-hybridized carbons (Fsp3) is 0.250. The molecule has 4 nitrogen and oxygen atoms in total. The van der Waals surface area contributed by atoms with E-state index in [0.717, 1.165) is 11.3 Å². The van der Waals surface area contributed by atoms with Gasteiger partial charge < -0.3 is 19.9 Å². The second kappa shape index (κ2) is 6.59. The molecule has 2 aromatic rings. The van der Waals surface area contributed by atoms with Crippen LogP contribution in [0.4, 0.5) is 5.69 Å². The molecule has 0 aliphatic carbocycles. The number of aromatic hydroxyl groups is 1. The number of benzene rings is 2. The van der Waals surface area contributed by atoms with Crippen molar-refractivity contribution in [1.82, 2.24) is 0 Å². The standard InChI is InChI=1S/C16H18ClNO3/c1-10(11-4-6-12(19)7-5-11)18-14-8-13(17)15(20-2)9-16(14)21-3/h4-10,18-19H,1-3H3. The molecule has 0 aliphatic heterocycles. The Hall–Kier alpha value is -2.07. The summed E-state index contributed by atoms with van der Waals surface area (Å²) in [7, 11) is 3.16. The Labute approximate surface area is 129 Å². The van der Waals surface area contributed by atoms with Crippen LogP contribution >= 0.6 is 11.6 Å². The molecular formula is C16H18ClNO3. The molecule has 0 saturated carbocycles. The molecule has 0 amide bonds. The van der Waals surface area contributed by atoms with Gasteiger partial charge in [0.05, 0.1) is 24.9 Å². The van der Waals surface area contributed by atoms with Crippen LogP contribution < -0.4 is 14.8 Å². The van der Waals surface area contributed by atoms with Crippen molar-refractivity contribution in [3.8, 4) is 17.2 Å². The van der Waals surface area contributed by atoms with E-state index in [0.29, 0.717) is 16.5 Å². The number of hydrogen-bond donors (Lipinski definition) is 2. The minimum Gasteiger partial charge on any atom is -0.508 e. The molecule has 2 N–H and O–H groups in total. The van der Waals surface area contributed by atoms with Crippen molar-refractivity contribution in [2.24, 2.45) is 0 Å². The Morgan fingerprint density at radius 1 is 1.05 bits per heavy atom. The lowest BCUT2D eigenvalue weighted by atomic mass is 10.1. The predicted octanol–water partition coefficient (Wildman–Crippen LogP) is 4.24. The fourth-order valence-electron chi connectivity index (χ4n) is 2.05. The zero-order valence-corrected chi connectivity index (χ0v) is 12.9. The van der Waals surface area contributed by atoms with Gasteiger partial charge in [0.25, 0.3) is 0 Å². The fourth-order valence-corrected chi connectivity index (χ4v) is 2.29. The van der Waals surface area contributed by atoms with E-state index in [-0.39, 0.29) is 11.8 Å². The molecule has 0 fully saturated rings. The Bertz CT molecular complexity index is 614. The normalized spacial score (nSPS) is 11.8. The van der Waals surface area contributed by atoms with Crippen LogP contribution in [0.15, 0.2) is 36.4 Å². The van der Waals surface area contributed by atoms with Crippen LogP contribution in [-0.4, -0.2) is 19.3 Å². The van der Waals surface area contributed by atoms with Gasteiger partial charge in [-0.1, -0.05) is 23.7 Å². The lowest BCUT2D eigenvalue weighted by Crippen LogP contribution is -2.07. The maximum absolute atomic E-state index is 9.33. The average Bonchev–Trinajstić information content (AvgIpc) is 2.48. The zero-order chi connectivity index (χ0) is 15.4. The Morgan fingerprint density at radius 3 is 2.24 bits per heavy atom. The highest BCUT2D eigenvalue weighted by atomic mass is 35.5. The van der Waals surface area contributed by atoms with E-state index in [1.807, 2.05) is 19.1 Å². The van der Waals surface area contributed by atoms with Gasteiger partial charge in [-0.25, -0.2) is 0 Å². The third kappa shape index (κ3) is 3.52. The highest BCUT2D eigenvalue weighted by molar-refractivity contribution is 6.32. The van der Waals surface area contributed by atoms with Crippen LogP contribution in [0.25, 0.3) is 0 Å². The van der Waals surface area contributed by atoms with Crippen LogP contribution in [0, 0.1) is 0 Å². The summed E-state index contributed by atoms with van der Waals surface area (Å²) in [6.07, 6.45) is 0. The molecule has 1 atom stereocenters. The van der Waals surface area contributed by atoms with E-state index in [1.165, 1.54) is 0 Å². The van der Waals surface area contributed by atoms with Gasteiger partial charge in [0.1, 0.15) is 17.2 Å². The summed E-state index contributed by atoms with van der Waals surface area (Å²) >= 11 is 6.16. The first-order valence-electron chi connectivity index (χ1n) is 6.52. The highest BCUT2D eigenvalue weighted by Gasteiger charge is 2.13. The van der Waals surface area contributed by atoms with E-state index < -0.39 is 0 Å². The third-order valence-electron chi connectivity index (χ3n) is 3.24. The lowest BCUT2D eigenvalue weighted by molar-refractivity contribution is 0.395. The number of ether oxygens (including phenoxy) is 2. The second-order valence-electron chi connectivity index (χ2n) is 4.64. The molecule has 112 valence electrons. The van der Waals surface area contributed by atoms with Crippen LogP contribution in [-0.2, 0) is 0 Å². The first-order valence-corrected chi connectivity index (χ1v) is 6.90. The number of nitrogens with one attached hydrogen (secondary N) is 1. The molecule has 0 aromatic heterocycles. The molecule has 0 bridgehead atoms. The third-order valence-corrected chi connectivity index (χ3v) is 3.53. The van der Waals surface area contributed by atoms with Crippen molar-refractivity contribution in [2.75, 3.05) is 19.5 Å². The Balaban J connectivity index is 2.26. The molecule has 2 rings (SSSR count). The van der Waals surface area contributed by atoms with Gasteiger partial charge in [0.2, 0.25) is 0 Å². The van der Waals surface area contributed by atoms with E-state index in [1.54, 1.807) is 38.5 Å². The number of hydrogen-bond acceptors (Lipinski definition) is 4. The van der Waals surface area contributed by atoms with Crippen LogP contribution in [0.2, 0.25) is 5.02 Å². The lowest BCUT2D eigenvalue weighted by Gasteiger charge is -2.19. The van der Waals surface area contributed by atoms with E-state index in [9.17, 15) is 5.11 Å². The van der Waals surface area contributed by atoms with Gasteiger partial charge in [-0.2, -0.15) is 0 Å². The quantitative estimate of drug-likeness (QED) is 0.867. The summed E-state index contributed by atoms with van der Waals surface area (Å²) in [6.45, 7) is 2.02. The van der Waals surface area contributed by atoms with Crippen molar-refractivity contribution in [2.45, 2.75) is 13.0 Å². The van der Waals surface area contributed by atoms with E-state index in [4.69, 9.17) is 21.1 Å². The number of halogens is 1. The number of rotatable bonds is 5. The average molecular weight is 308 g/mol. The summed E-state index contributed by atoms with van der Waals surface area (Å²) in [6, 6.07) is 10.6. The number of phenols is 1. The number of methoxy groups -OCH3 is 2. The van der Waals surface area contributed by atoms with Crippen LogP contribution in [0.3, 0.4) is 0 Å². The largest absolute Gasteiger partial charge is 0.508 e. The van der Waals surface area contributed by atoms with Crippen molar-refractivity contribution in [3.63, 3.8) is 0 Å². The zero-order valence-electron chi connectivity index (χ0n) is 12.2. The topological polar surface area (TPSA) is 50.7 Å². The molecule has 5 heteroatoms. The maximum Gasteiger partial charge on any atom is 0.145 e. The van der Waals surface area contributed by atoms with Crippen molar-refractivity contribution < 1.29 is 14.6 Å². The van der Waals surface area contributed by atoms with Crippen LogP contribution in [0.5, 0.6) is 17.2 Å². The summed E-state index contributed by atoms with van der Waals surface area (Å²) in [5.41, 5.74) is 1.82. The SMILES string of the molecule is COc1cc(OC)c(NC(C)c2ccc(O)cc2)cc1Cl. The molecule has 0 radical (unpaired) electrons. The van der Waals surface area contributed by atoms with Gasteiger partial charge in [-0.05, 0) is 30.7 Å². The predicted molar refractivity (Wildman–Crippen MR) is 84.7 cm³/mol. The maximum atomic E-state index is 9.33. The molecule has 2 aromatic carbocycles. The number of anilines is 1. The number of phenolic OH excluding ortho intramolecular Hbond substituents is 1. The first kappa shape index (κ1) is 15.3. The summed E-state index contributed by atoms with van der Waals surface area (Å²) in [5.74, 6) is 1.47. The van der Waals surface area contributed by atoms with Gasteiger partial charge in [0.15, 0.2) is 0 Å². The summed E-state index contributed by atoms with van der Waals surface area (Å²) < 4.78 is 10.5. The van der Waals surface area contributed by atoms with Gasteiger partial charge >= 0.3 is 0 Å².